The van der Waals surface area contributed by atoms with Crippen molar-refractivity contribution >= 4 is 6.08 Å². The fourth-order valence-corrected chi connectivity index (χ4v) is 0.913. The standard InChI is InChI=1S/C7H6F3N3O2/c1-12-5(2-3-13(14)15)4-6(11-12)7(8,9)10/h2-4H,1H3/b3-2+. The molecule has 5 nitrogen and oxygen atoms in total. The van der Waals surface area contributed by atoms with Crippen LogP contribution < -0.4 is 0 Å². The molecule has 0 aliphatic heterocycles. The Morgan fingerprint density at radius 1 is 1.60 bits per heavy atom. The van der Waals surface area contributed by atoms with E-state index in [1.165, 1.54) is 7.05 Å². The summed E-state index contributed by atoms with van der Waals surface area (Å²) >= 11 is 0. The summed E-state index contributed by atoms with van der Waals surface area (Å²) in [5.41, 5.74) is -1.06. The van der Waals surface area contributed by atoms with Crippen molar-refractivity contribution in [2.75, 3.05) is 0 Å². The Morgan fingerprint density at radius 3 is 2.60 bits per heavy atom. The summed E-state index contributed by atoms with van der Waals surface area (Å²) in [5.74, 6) is 0. The molecule has 0 N–H and O–H groups in total. The molecule has 8 heteroatoms. The molecule has 0 aliphatic rings. The van der Waals surface area contributed by atoms with Gasteiger partial charge in [-0.3, -0.25) is 14.8 Å². The highest BCUT2D eigenvalue weighted by Gasteiger charge is 2.34. The predicted molar refractivity (Wildman–Crippen MR) is 44.2 cm³/mol. The molecule has 0 saturated carbocycles. The number of nitrogens with zero attached hydrogens (tertiary/aromatic N) is 3. The molecule has 1 rings (SSSR count). The molecule has 0 aliphatic carbocycles. The minimum atomic E-state index is -4.54. The van der Waals surface area contributed by atoms with Crippen LogP contribution >= 0.6 is 0 Å². The lowest BCUT2D eigenvalue weighted by Gasteiger charge is -1.98. The van der Waals surface area contributed by atoms with Crippen LogP contribution in [0.25, 0.3) is 6.08 Å². The summed E-state index contributed by atoms with van der Waals surface area (Å²) < 4.78 is 37.4. The third kappa shape index (κ3) is 2.79. The van der Waals surface area contributed by atoms with Crippen LogP contribution in [-0.4, -0.2) is 14.7 Å². The highest BCUT2D eigenvalue weighted by atomic mass is 19.4. The Labute approximate surface area is 82.0 Å². The first kappa shape index (κ1) is 11.2. The van der Waals surface area contributed by atoms with E-state index >= 15 is 0 Å². The van der Waals surface area contributed by atoms with Gasteiger partial charge in [-0.05, 0) is 6.07 Å². The molecule has 15 heavy (non-hydrogen) atoms. The van der Waals surface area contributed by atoms with E-state index in [-0.39, 0.29) is 5.69 Å². The normalized spacial score (nSPS) is 12.3. The van der Waals surface area contributed by atoms with E-state index in [9.17, 15) is 23.3 Å². The molecule has 1 aromatic rings. The molecular formula is C7H6F3N3O2. The zero-order chi connectivity index (χ0) is 11.6. The van der Waals surface area contributed by atoms with Crippen LogP contribution in [0.4, 0.5) is 13.2 Å². The molecule has 0 amide bonds. The third-order valence-electron chi connectivity index (χ3n) is 1.57. The van der Waals surface area contributed by atoms with Crippen molar-refractivity contribution in [2.45, 2.75) is 6.18 Å². The lowest BCUT2D eigenvalue weighted by atomic mass is 10.3. The number of aryl methyl sites for hydroxylation is 1. The van der Waals surface area contributed by atoms with Crippen molar-refractivity contribution in [1.82, 2.24) is 9.78 Å². The van der Waals surface area contributed by atoms with E-state index in [1.54, 1.807) is 0 Å². The molecule has 82 valence electrons. The lowest BCUT2D eigenvalue weighted by molar-refractivity contribution is -0.401. The zero-order valence-corrected chi connectivity index (χ0v) is 7.52. The Balaban J connectivity index is 3.02. The topological polar surface area (TPSA) is 61.0 Å². The third-order valence-corrected chi connectivity index (χ3v) is 1.57. The Kier molecular flexibility index (Phi) is 2.78. The Hall–Kier alpha value is -1.86. The molecular weight excluding hydrogens is 215 g/mol. The van der Waals surface area contributed by atoms with Crippen LogP contribution in [0.3, 0.4) is 0 Å². The lowest BCUT2D eigenvalue weighted by Crippen LogP contribution is -2.06. The van der Waals surface area contributed by atoms with Crippen LogP contribution in [0.15, 0.2) is 12.3 Å². The Bertz CT molecular complexity index is 408. The van der Waals surface area contributed by atoms with E-state index in [0.717, 1.165) is 16.8 Å². The van der Waals surface area contributed by atoms with Crippen LogP contribution in [-0.2, 0) is 13.2 Å². The second-order valence-electron chi connectivity index (χ2n) is 2.68. The van der Waals surface area contributed by atoms with E-state index in [2.05, 4.69) is 5.10 Å². The second kappa shape index (κ2) is 3.71. The number of hydrogen-bond donors (Lipinski definition) is 0. The monoisotopic (exact) mass is 221 g/mol. The van der Waals surface area contributed by atoms with Crippen LogP contribution in [0.5, 0.6) is 0 Å². The summed E-state index contributed by atoms with van der Waals surface area (Å²) in [7, 11) is 1.27. The van der Waals surface area contributed by atoms with Gasteiger partial charge >= 0.3 is 6.18 Å². The molecule has 0 unspecified atom stereocenters. The number of rotatable bonds is 2. The summed E-state index contributed by atoms with van der Waals surface area (Å²) in [5, 5.41) is 13.1. The first-order chi connectivity index (χ1) is 6.80. The molecule has 0 bridgehead atoms. The maximum absolute atomic E-state index is 12.1. The average molecular weight is 221 g/mol. The molecule has 0 radical (unpaired) electrons. The highest BCUT2D eigenvalue weighted by Crippen LogP contribution is 2.28. The van der Waals surface area contributed by atoms with Gasteiger partial charge in [0, 0.05) is 13.1 Å². The maximum Gasteiger partial charge on any atom is 0.435 e. The minimum Gasteiger partial charge on any atom is -0.268 e. The molecule has 0 spiro atoms. The zero-order valence-electron chi connectivity index (χ0n) is 7.52. The summed E-state index contributed by atoms with van der Waals surface area (Å²) in [6.45, 7) is 0. The van der Waals surface area contributed by atoms with Gasteiger partial charge in [0.15, 0.2) is 5.69 Å². The van der Waals surface area contributed by atoms with Gasteiger partial charge in [-0.1, -0.05) is 0 Å². The van der Waals surface area contributed by atoms with Crippen molar-refractivity contribution in [3.63, 3.8) is 0 Å². The van der Waals surface area contributed by atoms with Gasteiger partial charge in [0.05, 0.1) is 10.6 Å². The van der Waals surface area contributed by atoms with Gasteiger partial charge in [0.1, 0.15) is 0 Å². The van der Waals surface area contributed by atoms with E-state index in [4.69, 9.17) is 0 Å². The van der Waals surface area contributed by atoms with Crippen LogP contribution in [0, 0.1) is 10.1 Å². The van der Waals surface area contributed by atoms with Gasteiger partial charge < -0.3 is 0 Å². The molecule has 0 fully saturated rings. The number of aromatic nitrogens is 2. The predicted octanol–water partition coefficient (Wildman–Crippen LogP) is 1.69. The quantitative estimate of drug-likeness (QED) is 0.563. The number of hydrogen-bond acceptors (Lipinski definition) is 3. The summed E-state index contributed by atoms with van der Waals surface area (Å²) in [4.78, 5) is 9.19. The number of alkyl halides is 3. The van der Waals surface area contributed by atoms with Gasteiger partial charge in [-0.25, -0.2) is 0 Å². The second-order valence-corrected chi connectivity index (χ2v) is 2.68. The van der Waals surface area contributed by atoms with Crippen molar-refractivity contribution in [1.29, 1.82) is 0 Å². The Morgan fingerprint density at radius 2 is 2.20 bits per heavy atom. The van der Waals surface area contributed by atoms with Gasteiger partial charge in [-0.2, -0.15) is 18.3 Å². The largest absolute Gasteiger partial charge is 0.435 e. The van der Waals surface area contributed by atoms with Crippen LogP contribution in [0.1, 0.15) is 11.4 Å². The fraction of sp³-hybridized carbons (Fsp3) is 0.286. The van der Waals surface area contributed by atoms with Crippen LogP contribution in [0.2, 0.25) is 0 Å². The molecule has 0 saturated heterocycles. The van der Waals surface area contributed by atoms with E-state index in [1.807, 2.05) is 0 Å². The van der Waals surface area contributed by atoms with Crippen molar-refractivity contribution < 1.29 is 18.1 Å². The summed E-state index contributed by atoms with van der Waals surface area (Å²) in [6, 6.07) is 0.736. The van der Waals surface area contributed by atoms with Gasteiger partial charge in [-0.15, -0.1) is 0 Å². The van der Waals surface area contributed by atoms with Crippen molar-refractivity contribution in [2.24, 2.45) is 7.05 Å². The smallest absolute Gasteiger partial charge is 0.268 e. The molecule has 1 aromatic heterocycles. The summed E-state index contributed by atoms with van der Waals surface area (Å²) in [6.07, 6.45) is -3.04. The maximum atomic E-state index is 12.1. The first-order valence-corrected chi connectivity index (χ1v) is 3.73. The number of nitro groups is 1. The highest BCUT2D eigenvalue weighted by molar-refractivity contribution is 5.44. The van der Waals surface area contributed by atoms with E-state index < -0.39 is 16.8 Å². The average Bonchev–Trinajstić information content (AvgIpc) is 2.42. The minimum absolute atomic E-state index is 0.0130. The molecule has 1 heterocycles. The van der Waals surface area contributed by atoms with Gasteiger partial charge in [0.25, 0.3) is 0 Å². The first-order valence-electron chi connectivity index (χ1n) is 3.73. The number of halogens is 3. The fourth-order valence-electron chi connectivity index (χ4n) is 0.913. The van der Waals surface area contributed by atoms with Crippen molar-refractivity contribution in [3.8, 4) is 0 Å². The van der Waals surface area contributed by atoms with E-state index in [0.29, 0.717) is 6.20 Å². The van der Waals surface area contributed by atoms with Crippen molar-refractivity contribution in [3.05, 3.63) is 33.8 Å². The molecule has 0 atom stereocenters. The molecule has 0 aromatic carbocycles. The van der Waals surface area contributed by atoms with Gasteiger partial charge in [0.2, 0.25) is 6.20 Å². The SMILES string of the molecule is Cn1nc(C(F)(F)F)cc1/C=C/[N+](=O)[O-].